The van der Waals surface area contributed by atoms with E-state index in [9.17, 15) is 0 Å². The second kappa shape index (κ2) is 7.45. The molecule has 0 bridgehead atoms. The summed E-state index contributed by atoms with van der Waals surface area (Å²) in [6.45, 7) is 15.0. The van der Waals surface area contributed by atoms with Gasteiger partial charge in [0.1, 0.15) is 0 Å². The van der Waals surface area contributed by atoms with E-state index in [0.717, 1.165) is 11.3 Å². The van der Waals surface area contributed by atoms with Crippen molar-refractivity contribution in [2.24, 2.45) is 0 Å². The van der Waals surface area contributed by atoms with E-state index in [-0.39, 0.29) is 0 Å². The third-order valence-electron chi connectivity index (χ3n) is 5.24. The highest BCUT2D eigenvalue weighted by Gasteiger charge is 2.37. The van der Waals surface area contributed by atoms with Crippen molar-refractivity contribution in [1.82, 2.24) is 0 Å². The average Bonchev–Trinajstić information content (AvgIpc) is 2.94. The molecule has 2 fully saturated rings. The van der Waals surface area contributed by atoms with Crippen LogP contribution in [0, 0.1) is 0 Å². The van der Waals surface area contributed by atoms with Gasteiger partial charge in [0.2, 0.25) is 0 Å². The van der Waals surface area contributed by atoms with E-state index in [2.05, 4.69) is 41.5 Å². The van der Waals surface area contributed by atoms with E-state index in [1.54, 1.807) is 37.5 Å². The Morgan fingerprint density at radius 3 is 1.48 bits per heavy atom. The molecule has 2 heterocycles. The summed E-state index contributed by atoms with van der Waals surface area (Å²) in [7, 11) is 1.87. The summed E-state index contributed by atoms with van der Waals surface area (Å²) in [4.78, 5) is 0. The number of rotatable bonds is 4. The molecule has 0 N–H and O–H groups in total. The second-order valence-corrected chi connectivity index (χ2v) is 17.2. The minimum absolute atomic E-state index is 0.305. The zero-order valence-electron chi connectivity index (χ0n) is 15.2. The molecule has 0 aromatic carbocycles. The van der Waals surface area contributed by atoms with Crippen molar-refractivity contribution in [2.75, 3.05) is 24.6 Å². The predicted molar refractivity (Wildman–Crippen MR) is 107 cm³/mol. The molecule has 2 rings (SSSR count). The SMILES string of the molecule is CC(C)(C)[P@]1CCC[C@@H]1CPC[C@H]1CCC[P@@]1C(C)(C)C. The van der Waals surface area contributed by atoms with Crippen molar-refractivity contribution in [1.29, 1.82) is 0 Å². The van der Waals surface area contributed by atoms with Crippen molar-refractivity contribution in [3.05, 3.63) is 0 Å². The molecule has 0 amide bonds. The van der Waals surface area contributed by atoms with Crippen molar-refractivity contribution in [3.8, 4) is 0 Å². The molecule has 4 atom stereocenters. The van der Waals surface area contributed by atoms with Gasteiger partial charge in [-0.25, -0.2) is 0 Å². The maximum atomic E-state index is 2.50. The minimum atomic E-state index is 0.305. The second-order valence-electron chi connectivity index (χ2n) is 8.98. The lowest BCUT2D eigenvalue weighted by Gasteiger charge is -2.35. The van der Waals surface area contributed by atoms with Crippen LogP contribution in [0.4, 0.5) is 0 Å². The topological polar surface area (TPSA) is 0 Å². The monoisotopic (exact) mass is 346 g/mol. The highest BCUT2D eigenvalue weighted by Crippen LogP contribution is 2.62. The summed E-state index contributed by atoms with van der Waals surface area (Å²) in [6.07, 6.45) is 12.4. The Bertz CT molecular complexity index is 294. The van der Waals surface area contributed by atoms with Gasteiger partial charge in [-0.15, -0.1) is 8.58 Å². The third-order valence-corrected chi connectivity index (χ3v) is 15.2. The zero-order chi connectivity index (χ0) is 15.7. The molecular weight excluding hydrogens is 309 g/mol. The van der Waals surface area contributed by atoms with Gasteiger partial charge in [0.05, 0.1) is 0 Å². The van der Waals surface area contributed by atoms with Crippen LogP contribution >= 0.6 is 24.4 Å². The maximum Gasteiger partial charge on any atom is -0.0167 e. The van der Waals surface area contributed by atoms with E-state index >= 15 is 0 Å². The van der Waals surface area contributed by atoms with E-state index < -0.39 is 0 Å². The Hall–Kier alpha value is 1.29. The molecule has 0 aromatic heterocycles. The molecule has 2 aliphatic heterocycles. The molecule has 3 heteroatoms. The average molecular weight is 346 g/mol. The summed E-state index contributed by atoms with van der Waals surface area (Å²) in [5, 5.41) is 1.21. The van der Waals surface area contributed by atoms with Crippen LogP contribution in [0.2, 0.25) is 0 Å². The molecule has 0 nitrogen and oxygen atoms in total. The van der Waals surface area contributed by atoms with Crippen LogP contribution in [0.1, 0.15) is 67.2 Å². The van der Waals surface area contributed by atoms with Gasteiger partial charge in [-0.1, -0.05) is 57.4 Å². The standard InChI is InChI=1S/C18H37P3/c1-17(2,3)20-11-7-9-15(20)13-19-14-16-10-8-12-21(16)18(4,5)6/h15-16,19H,7-14H2,1-6H3/t15-,16-,20-,21-/m1/s1. The summed E-state index contributed by atoms with van der Waals surface area (Å²) >= 11 is 0. The van der Waals surface area contributed by atoms with Crippen LogP contribution in [0.15, 0.2) is 0 Å². The fraction of sp³-hybridized carbons (Fsp3) is 1.00. The molecule has 0 aliphatic carbocycles. The minimum Gasteiger partial charge on any atom is -0.121 e. The molecule has 21 heavy (non-hydrogen) atoms. The van der Waals surface area contributed by atoms with Crippen LogP contribution in [-0.2, 0) is 0 Å². The lowest BCUT2D eigenvalue weighted by molar-refractivity contribution is 0.767. The molecule has 0 aromatic rings. The van der Waals surface area contributed by atoms with Crippen molar-refractivity contribution < 1.29 is 0 Å². The van der Waals surface area contributed by atoms with Gasteiger partial charge in [0.25, 0.3) is 0 Å². The van der Waals surface area contributed by atoms with Crippen LogP contribution in [0.5, 0.6) is 0 Å². The number of hydrogen-bond donors (Lipinski definition) is 0. The van der Waals surface area contributed by atoms with Crippen LogP contribution in [0.25, 0.3) is 0 Å². The van der Waals surface area contributed by atoms with Gasteiger partial charge in [0, 0.05) is 0 Å². The molecule has 0 unspecified atom stereocenters. The Morgan fingerprint density at radius 2 is 1.14 bits per heavy atom. The first-order chi connectivity index (χ1) is 9.69. The van der Waals surface area contributed by atoms with E-state index in [1.807, 2.05) is 0 Å². The van der Waals surface area contributed by atoms with E-state index in [0.29, 0.717) is 26.2 Å². The first kappa shape index (κ1) is 18.6. The van der Waals surface area contributed by atoms with E-state index in [4.69, 9.17) is 0 Å². The molecule has 124 valence electrons. The van der Waals surface area contributed by atoms with Gasteiger partial charge < -0.3 is 0 Å². The highest BCUT2D eigenvalue weighted by molar-refractivity contribution is 7.62. The summed E-state index contributed by atoms with van der Waals surface area (Å²) in [5.74, 6) is 0. The van der Waals surface area contributed by atoms with Crippen molar-refractivity contribution in [3.63, 3.8) is 0 Å². The van der Waals surface area contributed by atoms with Crippen molar-refractivity contribution in [2.45, 2.75) is 88.9 Å². The summed E-state index contributed by atoms with van der Waals surface area (Å²) in [6, 6.07) is 0. The molecule has 2 aliphatic rings. The van der Waals surface area contributed by atoms with Gasteiger partial charge in [0.15, 0.2) is 0 Å². The van der Waals surface area contributed by atoms with Gasteiger partial charge >= 0.3 is 0 Å². The van der Waals surface area contributed by atoms with Crippen molar-refractivity contribution >= 4 is 24.4 Å². The molecular formula is C18H37P3. The first-order valence-electron chi connectivity index (χ1n) is 8.94. The molecule has 0 radical (unpaired) electrons. The number of hydrogen-bond acceptors (Lipinski definition) is 0. The fourth-order valence-corrected chi connectivity index (χ4v) is 14.4. The van der Waals surface area contributed by atoms with E-state index in [1.165, 1.54) is 21.4 Å². The smallest absolute Gasteiger partial charge is 0.0167 e. The molecule has 0 saturated carbocycles. The Morgan fingerprint density at radius 1 is 0.762 bits per heavy atom. The third kappa shape index (κ3) is 5.13. The van der Waals surface area contributed by atoms with Gasteiger partial charge in [-0.05, 0) is 72.0 Å². The van der Waals surface area contributed by atoms with Crippen LogP contribution in [0.3, 0.4) is 0 Å². The normalized spacial score (nSPS) is 34.6. The molecule has 2 saturated heterocycles. The largest absolute Gasteiger partial charge is 0.121 e. The fourth-order valence-electron chi connectivity index (χ4n) is 4.28. The maximum absolute atomic E-state index is 2.50. The quantitative estimate of drug-likeness (QED) is 0.506. The zero-order valence-corrected chi connectivity index (χ0v) is 18.0. The summed E-state index contributed by atoms with van der Waals surface area (Å²) < 4.78 is 0. The Labute approximate surface area is 138 Å². The van der Waals surface area contributed by atoms with Crippen LogP contribution < -0.4 is 0 Å². The van der Waals surface area contributed by atoms with Gasteiger partial charge in [-0.2, -0.15) is 0 Å². The lowest BCUT2D eigenvalue weighted by atomic mass is 10.3. The first-order valence-corrected chi connectivity index (χ1v) is 13.5. The molecule has 0 spiro atoms. The highest BCUT2D eigenvalue weighted by atomic mass is 31.1. The van der Waals surface area contributed by atoms with Crippen LogP contribution in [-0.4, -0.2) is 46.3 Å². The lowest BCUT2D eigenvalue weighted by Crippen LogP contribution is -2.21. The van der Waals surface area contributed by atoms with Gasteiger partial charge in [-0.3, -0.25) is 0 Å². The Kier molecular flexibility index (Phi) is 6.61. The summed E-state index contributed by atoms with van der Waals surface area (Å²) in [5.41, 5.74) is 2.22. The predicted octanol–water partition coefficient (Wildman–Crippen LogP) is 6.55. The Balaban J connectivity index is 1.79.